The summed E-state index contributed by atoms with van der Waals surface area (Å²) in [5.74, 6) is 1.32. The summed E-state index contributed by atoms with van der Waals surface area (Å²) < 4.78 is 15.0. The highest BCUT2D eigenvalue weighted by Gasteiger charge is 2.30. The summed E-state index contributed by atoms with van der Waals surface area (Å²) in [5.41, 5.74) is 1.00. The number of thioether (sulfide) groups is 1. The van der Waals surface area contributed by atoms with Crippen LogP contribution in [-0.4, -0.2) is 32.5 Å². The molecule has 0 spiro atoms. The van der Waals surface area contributed by atoms with E-state index < -0.39 is 0 Å². The number of aromatic nitrogens is 3. The Balaban J connectivity index is 1.50. The highest BCUT2D eigenvalue weighted by Crippen LogP contribution is 2.40. The van der Waals surface area contributed by atoms with E-state index in [1.54, 1.807) is 12.1 Å². The lowest BCUT2D eigenvalue weighted by Gasteiger charge is -2.12. The van der Waals surface area contributed by atoms with Crippen LogP contribution in [0, 0.1) is 5.82 Å². The first-order valence-corrected chi connectivity index (χ1v) is 9.58. The van der Waals surface area contributed by atoms with E-state index in [1.807, 2.05) is 6.92 Å². The van der Waals surface area contributed by atoms with Gasteiger partial charge in [0.05, 0.1) is 5.25 Å². The highest BCUT2D eigenvalue weighted by molar-refractivity contribution is 8.00. The van der Waals surface area contributed by atoms with Crippen LogP contribution in [0.25, 0.3) is 0 Å². The third-order valence-electron chi connectivity index (χ3n) is 4.28. The summed E-state index contributed by atoms with van der Waals surface area (Å²) in [5, 5.41) is 12.1. The Labute approximate surface area is 151 Å². The summed E-state index contributed by atoms with van der Waals surface area (Å²) in [6.45, 7) is 5.30. The van der Waals surface area contributed by atoms with Crippen LogP contribution in [-0.2, 0) is 17.8 Å². The summed E-state index contributed by atoms with van der Waals surface area (Å²) in [4.78, 5) is 12.3. The van der Waals surface area contributed by atoms with Crippen LogP contribution in [0.3, 0.4) is 0 Å². The zero-order chi connectivity index (χ0) is 17.8. The molecule has 3 rings (SSSR count). The SMILES string of the molecule is CCn1c(S[C@@H](C)C(=O)NCCc2ccc(F)cc2)nnc1C1CC1. The fourth-order valence-electron chi connectivity index (χ4n) is 2.66. The molecule has 1 heterocycles. The number of rotatable bonds is 8. The van der Waals surface area contributed by atoms with Gasteiger partial charge >= 0.3 is 0 Å². The van der Waals surface area contributed by atoms with Gasteiger partial charge in [-0.25, -0.2) is 4.39 Å². The van der Waals surface area contributed by atoms with E-state index in [2.05, 4.69) is 27.0 Å². The molecule has 1 saturated carbocycles. The molecule has 1 atom stereocenters. The molecular weight excluding hydrogens is 339 g/mol. The Morgan fingerprint density at radius 1 is 1.36 bits per heavy atom. The van der Waals surface area contributed by atoms with Crippen molar-refractivity contribution in [3.8, 4) is 0 Å². The summed E-state index contributed by atoms with van der Waals surface area (Å²) in [7, 11) is 0. The molecule has 1 aliphatic rings. The third-order valence-corrected chi connectivity index (χ3v) is 5.36. The minimum atomic E-state index is -0.247. The lowest BCUT2D eigenvalue weighted by molar-refractivity contribution is -0.120. The first-order chi connectivity index (χ1) is 12.1. The lowest BCUT2D eigenvalue weighted by atomic mass is 10.1. The molecule has 2 aromatic rings. The Hall–Kier alpha value is -1.89. The number of carbonyl (C=O) groups excluding carboxylic acids is 1. The third kappa shape index (κ3) is 4.60. The molecular formula is C18H23FN4OS. The number of benzene rings is 1. The predicted molar refractivity (Wildman–Crippen MR) is 96.1 cm³/mol. The van der Waals surface area contributed by atoms with Crippen molar-refractivity contribution in [2.45, 2.75) is 56.0 Å². The molecule has 0 radical (unpaired) electrons. The van der Waals surface area contributed by atoms with Gasteiger partial charge in [0.15, 0.2) is 5.16 Å². The van der Waals surface area contributed by atoms with Crippen molar-refractivity contribution < 1.29 is 9.18 Å². The van der Waals surface area contributed by atoms with Crippen molar-refractivity contribution in [3.05, 3.63) is 41.5 Å². The Morgan fingerprint density at radius 3 is 2.72 bits per heavy atom. The number of hydrogen-bond acceptors (Lipinski definition) is 4. The molecule has 7 heteroatoms. The highest BCUT2D eigenvalue weighted by atomic mass is 32.2. The van der Waals surface area contributed by atoms with Crippen LogP contribution in [0.5, 0.6) is 0 Å². The maximum atomic E-state index is 12.9. The normalized spacial score (nSPS) is 15.2. The fourth-order valence-corrected chi connectivity index (χ4v) is 3.61. The molecule has 1 aliphatic carbocycles. The van der Waals surface area contributed by atoms with Gasteiger partial charge in [-0.05, 0) is 50.8 Å². The molecule has 1 aromatic carbocycles. The van der Waals surface area contributed by atoms with E-state index >= 15 is 0 Å². The molecule has 1 fully saturated rings. The second-order valence-corrected chi connectivity index (χ2v) is 7.59. The van der Waals surface area contributed by atoms with Gasteiger partial charge in [-0.15, -0.1) is 10.2 Å². The van der Waals surface area contributed by atoms with Crippen LogP contribution in [0.1, 0.15) is 44.0 Å². The zero-order valence-corrected chi connectivity index (χ0v) is 15.4. The van der Waals surface area contributed by atoms with E-state index in [-0.39, 0.29) is 17.0 Å². The van der Waals surface area contributed by atoms with Crippen molar-refractivity contribution in [2.24, 2.45) is 0 Å². The maximum absolute atomic E-state index is 12.9. The Kier molecular flexibility index (Phi) is 5.73. The first kappa shape index (κ1) is 17.9. The second kappa shape index (κ2) is 7.99. The zero-order valence-electron chi connectivity index (χ0n) is 14.5. The predicted octanol–water partition coefficient (Wildman–Crippen LogP) is 3.15. The van der Waals surface area contributed by atoms with Crippen LogP contribution in [0.2, 0.25) is 0 Å². The van der Waals surface area contributed by atoms with Gasteiger partial charge in [-0.1, -0.05) is 23.9 Å². The van der Waals surface area contributed by atoms with E-state index in [0.29, 0.717) is 18.9 Å². The largest absolute Gasteiger partial charge is 0.355 e. The monoisotopic (exact) mass is 362 g/mol. The van der Waals surface area contributed by atoms with Crippen molar-refractivity contribution in [1.82, 2.24) is 20.1 Å². The second-order valence-electron chi connectivity index (χ2n) is 6.29. The number of halogens is 1. The van der Waals surface area contributed by atoms with Gasteiger partial charge in [0.1, 0.15) is 11.6 Å². The van der Waals surface area contributed by atoms with Gasteiger partial charge < -0.3 is 9.88 Å². The lowest BCUT2D eigenvalue weighted by Crippen LogP contribution is -2.32. The van der Waals surface area contributed by atoms with Crippen LogP contribution >= 0.6 is 11.8 Å². The van der Waals surface area contributed by atoms with Gasteiger partial charge in [0, 0.05) is 19.0 Å². The maximum Gasteiger partial charge on any atom is 0.233 e. The van der Waals surface area contributed by atoms with Crippen molar-refractivity contribution in [2.75, 3.05) is 6.54 Å². The average Bonchev–Trinajstić information content (AvgIpc) is 3.37. The topological polar surface area (TPSA) is 59.8 Å². The van der Waals surface area contributed by atoms with E-state index in [0.717, 1.165) is 23.1 Å². The minimum Gasteiger partial charge on any atom is -0.355 e. The molecule has 0 saturated heterocycles. The average molecular weight is 362 g/mol. The molecule has 25 heavy (non-hydrogen) atoms. The smallest absolute Gasteiger partial charge is 0.233 e. The molecule has 0 unspecified atom stereocenters. The standard InChI is InChI=1S/C18H23FN4OS/c1-3-23-16(14-6-7-14)21-22-18(23)25-12(2)17(24)20-11-10-13-4-8-15(19)9-5-13/h4-5,8-9,12,14H,3,6-7,10-11H2,1-2H3,(H,20,24)/t12-/m0/s1. The Bertz CT molecular complexity index is 727. The van der Waals surface area contributed by atoms with Crippen molar-refractivity contribution in [1.29, 1.82) is 0 Å². The first-order valence-electron chi connectivity index (χ1n) is 8.70. The van der Waals surface area contributed by atoms with Crippen LogP contribution < -0.4 is 5.32 Å². The number of hydrogen-bond donors (Lipinski definition) is 1. The molecule has 1 amide bonds. The number of nitrogens with one attached hydrogen (secondary N) is 1. The van der Waals surface area contributed by atoms with Crippen molar-refractivity contribution >= 4 is 17.7 Å². The van der Waals surface area contributed by atoms with Crippen LogP contribution in [0.4, 0.5) is 4.39 Å². The van der Waals surface area contributed by atoms with E-state index in [1.165, 1.54) is 36.7 Å². The van der Waals surface area contributed by atoms with Crippen molar-refractivity contribution in [3.63, 3.8) is 0 Å². The summed E-state index contributed by atoms with van der Waals surface area (Å²) in [6, 6.07) is 6.35. The molecule has 1 aromatic heterocycles. The number of carbonyl (C=O) groups is 1. The molecule has 0 aliphatic heterocycles. The minimum absolute atomic E-state index is 0.0225. The van der Waals surface area contributed by atoms with Gasteiger partial charge in [0.2, 0.25) is 5.91 Å². The van der Waals surface area contributed by atoms with Gasteiger partial charge in [0.25, 0.3) is 0 Å². The summed E-state index contributed by atoms with van der Waals surface area (Å²) in [6.07, 6.45) is 3.05. The fraction of sp³-hybridized carbons (Fsp3) is 0.500. The Morgan fingerprint density at radius 2 is 2.08 bits per heavy atom. The van der Waals surface area contributed by atoms with Gasteiger partial charge in [-0.3, -0.25) is 4.79 Å². The quantitative estimate of drug-likeness (QED) is 0.733. The van der Waals surface area contributed by atoms with Crippen LogP contribution in [0.15, 0.2) is 29.4 Å². The molecule has 0 bridgehead atoms. The molecule has 134 valence electrons. The van der Waals surface area contributed by atoms with E-state index in [4.69, 9.17) is 0 Å². The molecule has 1 N–H and O–H groups in total. The molecule has 5 nitrogen and oxygen atoms in total. The van der Waals surface area contributed by atoms with E-state index in [9.17, 15) is 9.18 Å². The number of nitrogens with zero attached hydrogens (tertiary/aromatic N) is 3. The van der Waals surface area contributed by atoms with Gasteiger partial charge in [-0.2, -0.15) is 0 Å². The summed E-state index contributed by atoms with van der Waals surface area (Å²) >= 11 is 1.44. The number of amides is 1.